The summed E-state index contributed by atoms with van der Waals surface area (Å²) < 4.78 is 13.6. The maximum Gasteiger partial charge on any atom is 0.137 e. The van der Waals surface area contributed by atoms with Crippen LogP contribution in [0.15, 0.2) is 46.9 Å². The van der Waals surface area contributed by atoms with Crippen molar-refractivity contribution in [1.82, 2.24) is 5.32 Å². The van der Waals surface area contributed by atoms with Crippen molar-refractivity contribution in [3.05, 3.63) is 69.4 Å². The first-order valence-electron chi connectivity index (χ1n) is 6.30. The van der Waals surface area contributed by atoms with Gasteiger partial charge in [-0.3, -0.25) is 0 Å². The van der Waals surface area contributed by atoms with E-state index >= 15 is 0 Å². The van der Waals surface area contributed by atoms with Gasteiger partial charge in [0.1, 0.15) is 5.82 Å². The van der Waals surface area contributed by atoms with Gasteiger partial charge >= 0.3 is 0 Å². The predicted molar refractivity (Wildman–Crippen MR) is 80.5 cm³/mol. The first-order valence-corrected chi connectivity index (χ1v) is 7.09. The van der Waals surface area contributed by atoms with E-state index < -0.39 is 0 Å². The van der Waals surface area contributed by atoms with Gasteiger partial charge in [-0.15, -0.1) is 0 Å². The Morgan fingerprint density at radius 1 is 1.16 bits per heavy atom. The van der Waals surface area contributed by atoms with Gasteiger partial charge in [-0.05, 0) is 53.0 Å². The van der Waals surface area contributed by atoms with Crippen molar-refractivity contribution in [3.8, 4) is 0 Å². The molecule has 19 heavy (non-hydrogen) atoms. The lowest BCUT2D eigenvalue weighted by molar-refractivity contribution is 0.572. The molecule has 1 N–H and O–H groups in total. The second-order valence-corrected chi connectivity index (χ2v) is 5.62. The van der Waals surface area contributed by atoms with Gasteiger partial charge in [0.25, 0.3) is 0 Å². The highest BCUT2D eigenvalue weighted by Gasteiger charge is 2.05. The van der Waals surface area contributed by atoms with Gasteiger partial charge in [0.15, 0.2) is 0 Å². The van der Waals surface area contributed by atoms with Crippen molar-refractivity contribution in [2.75, 3.05) is 0 Å². The number of nitrogens with one attached hydrogen (secondary N) is 1. The highest BCUT2D eigenvalue weighted by Crippen LogP contribution is 2.18. The van der Waals surface area contributed by atoms with Crippen LogP contribution in [0.4, 0.5) is 4.39 Å². The zero-order valence-electron chi connectivity index (χ0n) is 11.1. The second kappa shape index (κ2) is 6.31. The van der Waals surface area contributed by atoms with Crippen LogP contribution in [0, 0.1) is 12.7 Å². The van der Waals surface area contributed by atoms with Crippen molar-refractivity contribution in [3.63, 3.8) is 0 Å². The average Bonchev–Trinajstić information content (AvgIpc) is 2.40. The fourth-order valence-corrected chi connectivity index (χ4v) is 2.32. The van der Waals surface area contributed by atoms with Crippen molar-refractivity contribution in [2.24, 2.45) is 0 Å². The Balaban J connectivity index is 1.98. The molecule has 0 aliphatic carbocycles. The normalized spacial score (nSPS) is 12.4. The molecule has 100 valence electrons. The first-order chi connectivity index (χ1) is 9.06. The molecule has 0 aliphatic rings. The van der Waals surface area contributed by atoms with Crippen LogP contribution in [0.2, 0.25) is 0 Å². The monoisotopic (exact) mass is 321 g/mol. The predicted octanol–water partition coefficient (Wildman–Crippen LogP) is 4.75. The lowest BCUT2D eigenvalue weighted by Crippen LogP contribution is -2.18. The summed E-state index contributed by atoms with van der Waals surface area (Å²) in [7, 11) is 0. The standard InChI is InChI=1S/C16H17BrFN/c1-11-3-6-14(7-4-11)12(2)19-10-13-5-8-16(18)15(17)9-13/h3-9,12,19H,10H2,1-2H3/t12-/m0/s1. The second-order valence-electron chi connectivity index (χ2n) is 4.76. The molecule has 0 aliphatic heterocycles. The van der Waals surface area contributed by atoms with Gasteiger partial charge < -0.3 is 5.32 Å². The van der Waals surface area contributed by atoms with Gasteiger partial charge in [0, 0.05) is 12.6 Å². The molecule has 3 heteroatoms. The van der Waals surface area contributed by atoms with E-state index in [1.807, 2.05) is 6.07 Å². The number of halogens is 2. The first kappa shape index (κ1) is 14.2. The maximum absolute atomic E-state index is 13.1. The summed E-state index contributed by atoms with van der Waals surface area (Å²) in [6.45, 7) is 4.93. The summed E-state index contributed by atoms with van der Waals surface area (Å²) in [6.07, 6.45) is 0. The largest absolute Gasteiger partial charge is 0.306 e. The molecule has 0 saturated heterocycles. The van der Waals surface area contributed by atoms with Gasteiger partial charge in [-0.1, -0.05) is 35.9 Å². The summed E-state index contributed by atoms with van der Waals surface area (Å²) in [5, 5.41) is 3.44. The molecular formula is C16H17BrFN. The van der Waals surface area contributed by atoms with E-state index in [2.05, 4.69) is 59.4 Å². The molecule has 0 radical (unpaired) electrons. The highest BCUT2D eigenvalue weighted by molar-refractivity contribution is 9.10. The minimum absolute atomic E-state index is 0.227. The van der Waals surface area contributed by atoms with Crippen molar-refractivity contribution in [2.45, 2.75) is 26.4 Å². The minimum atomic E-state index is -0.227. The molecule has 0 unspecified atom stereocenters. The van der Waals surface area contributed by atoms with Crippen LogP contribution in [0.5, 0.6) is 0 Å². The van der Waals surface area contributed by atoms with E-state index in [0.29, 0.717) is 11.0 Å². The molecule has 1 atom stereocenters. The fourth-order valence-electron chi connectivity index (χ4n) is 1.89. The number of benzene rings is 2. The Bertz CT molecular complexity index is 551. The Hall–Kier alpha value is -1.19. The molecule has 2 rings (SSSR count). The van der Waals surface area contributed by atoms with Gasteiger partial charge in [-0.25, -0.2) is 4.39 Å². The number of rotatable bonds is 4. The van der Waals surface area contributed by atoms with E-state index in [9.17, 15) is 4.39 Å². The quantitative estimate of drug-likeness (QED) is 0.857. The fraction of sp³-hybridized carbons (Fsp3) is 0.250. The third kappa shape index (κ3) is 3.88. The summed E-state index contributed by atoms with van der Waals surface area (Å²) in [6, 6.07) is 13.9. The molecule has 2 aromatic rings. The van der Waals surface area contributed by atoms with Crippen LogP contribution in [0.3, 0.4) is 0 Å². The molecule has 0 saturated carbocycles. The lowest BCUT2D eigenvalue weighted by atomic mass is 10.1. The zero-order valence-corrected chi connectivity index (χ0v) is 12.7. The third-order valence-electron chi connectivity index (χ3n) is 3.17. The Morgan fingerprint density at radius 3 is 2.47 bits per heavy atom. The Morgan fingerprint density at radius 2 is 1.84 bits per heavy atom. The number of hydrogen-bond donors (Lipinski definition) is 1. The summed E-state index contributed by atoms with van der Waals surface area (Å²) in [5.41, 5.74) is 3.58. The smallest absolute Gasteiger partial charge is 0.137 e. The van der Waals surface area contributed by atoms with Gasteiger partial charge in [0.05, 0.1) is 4.47 Å². The molecule has 0 heterocycles. The van der Waals surface area contributed by atoms with Crippen molar-refractivity contribution < 1.29 is 4.39 Å². The summed E-state index contributed by atoms with van der Waals surface area (Å²) in [5.74, 6) is -0.227. The van der Waals surface area contributed by atoms with Crippen LogP contribution >= 0.6 is 15.9 Å². The number of hydrogen-bond acceptors (Lipinski definition) is 1. The topological polar surface area (TPSA) is 12.0 Å². The minimum Gasteiger partial charge on any atom is -0.306 e. The average molecular weight is 322 g/mol. The molecule has 2 aromatic carbocycles. The highest BCUT2D eigenvalue weighted by atomic mass is 79.9. The molecule has 0 spiro atoms. The van der Waals surface area contributed by atoms with E-state index in [0.717, 1.165) is 5.56 Å². The Labute approximate surface area is 122 Å². The van der Waals surface area contributed by atoms with Crippen LogP contribution < -0.4 is 5.32 Å². The SMILES string of the molecule is Cc1ccc([C@H](C)NCc2ccc(F)c(Br)c2)cc1. The lowest BCUT2D eigenvalue weighted by Gasteiger charge is -2.14. The molecular weight excluding hydrogens is 305 g/mol. The summed E-state index contributed by atoms with van der Waals surface area (Å²) >= 11 is 3.20. The van der Waals surface area contributed by atoms with Gasteiger partial charge in [-0.2, -0.15) is 0 Å². The van der Waals surface area contributed by atoms with E-state index in [4.69, 9.17) is 0 Å². The van der Waals surface area contributed by atoms with Crippen molar-refractivity contribution in [1.29, 1.82) is 0 Å². The van der Waals surface area contributed by atoms with Gasteiger partial charge in [0.2, 0.25) is 0 Å². The van der Waals surface area contributed by atoms with E-state index in [1.54, 1.807) is 6.07 Å². The Kier molecular flexibility index (Phi) is 4.72. The third-order valence-corrected chi connectivity index (χ3v) is 3.78. The molecule has 0 fully saturated rings. The number of aryl methyl sites for hydroxylation is 1. The van der Waals surface area contributed by atoms with Crippen molar-refractivity contribution >= 4 is 15.9 Å². The zero-order chi connectivity index (χ0) is 13.8. The maximum atomic E-state index is 13.1. The van der Waals surface area contributed by atoms with Crippen LogP contribution in [0.25, 0.3) is 0 Å². The molecule has 1 nitrogen and oxygen atoms in total. The molecule has 0 amide bonds. The van der Waals surface area contributed by atoms with E-state index in [1.165, 1.54) is 17.2 Å². The van der Waals surface area contributed by atoms with Crippen LogP contribution in [-0.4, -0.2) is 0 Å². The molecule has 0 bridgehead atoms. The van der Waals surface area contributed by atoms with E-state index in [-0.39, 0.29) is 11.9 Å². The molecule has 0 aromatic heterocycles. The summed E-state index contributed by atoms with van der Waals surface area (Å²) in [4.78, 5) is 0. The van der Waals surface area contributed by atoms with Crippen LogP contribution in [-0.2, 0) is 6.54 Å². The van der Waals surface area contributed by atoms with Crippen LogP contribution in [0.1, 0.15) is 29.7 Å².